The van der Waals surface area contributed by atoms with Gasteiger partial charge in [-0.05, 0) is 56.0 Å². The van der Waals surface area contributed by atoms with Gasteiger partial charge < -0.3 is 15.4 Å². The number of hydrogen-bond donors (Lipinski definition) is 2. The zero-order valence-corrected chi connectivity index (χ0v) is 15.8. The quantitative estimate of drug-likeness (QED) is 0.683. The molecule has 2 atom stereocenters. The third kappa shape index (κ3) is 6.66. The molecular weight excluding hydrogens is 340 g/mol. The molecule has 0 aromatic heterocycles. The van der Waals surface area contributed by atoms with Crippen LogP contribution in [0.4, 0.5) is 0 Å². The van der Waals surface area contributed by atoms with E-state index < -0.39 is 9.84 Å². The van der Waals surface area contributed by atoms with Crippen LogP contribution in [0.2, 0.25) is 0 Å². The normalized spacial score (nSPS) is 20.9. The van der Waals surface area contributed by atoms with Crippen LogP contribution in [0.5, 0.6) is 5.75 Å². The summed E-state index contributed by atoms with van der Waals surface area (Å²) in [6.45, 7) is 4.55. The molecule has 0 radical (unpaired) electrons. The van der Waals surface area contributed by atoms with Gasteiger partial charge in [-0.3, -0.25) is 4.79 Å². The van der Waals surface area contributed by atoms with Crippen LogP contribution in [-0.2, 0) is 14.6 Å². The van der Waals surface area contributed by atoms with Crippen molar-refractivity contribution in [3.05, 3.63) is 24.3 Å². The molecule has 1 saturated heterocycles. The molecule has 0 aliphatic carbocycles. The Morgan fingerprint density at radius 2 is 2.00 bits per heavy atom. The van der Waals surface area contributed by atoms with Gasteiger partial charge in [0.05, 0.1) is 11.5 Å². The van der Waals surface area contributed by atoms with Crippen molar-refractivity contribution in [1.29, 1.82) is 0 Å². The predicted octanol–water partition coefficient (Wildman–Crippen LogP) is 1.75. The zero-order chi connectivity index (χ0) is 18.3. The highest BCUT2D eigenvalue weighted by atomic mass is 32.2. The monoisotopic (exact) mass is 368 g/mol. The van der Waals surface area contributed by atoms with Crippen molar-refractivity contribution >= 4 is 15.7 Å². The van der Waals surface area contributed by atoms with Gasteiger partial charge in [0.1, 0.15) is 5.75 Å². The van der Waals surface area contributed by atoms with E-state index in [0.29, 0.717) is 24.7 Å². The number of benzene rings is 1. The number of carbonyl (C=O) groups is 1. The number of sulfone groups is 1. The van der Waals surface area contributed by atoms with E-state index in [0.717, 1.165) is 32.4 Å². The van der Waals surface area contributed by atoms with Crippen molar-refractivity contribution in [2.24, 2.45) is 5.92 Å². The summed E-state index contributed by atoms with van der Waals surface area (Å²) in [6, 6.07) is 6.61. The summed E-state index contributed by atoms with van der Waals surface area (Å²) < 4.78 is 28.4. The number of rotatable bonds is 8. The number of hydrogen-bond acceptors (Lipinski definition) is 5. The Morgan fingerprint density at radius 3 is 2.64 bits per heavy atom. The molecule has 1 amide bonds. The Labute approximate surface area is 150 Å². The van der Waals surface area contributed by atoms with Crippen molar-refractivity contribution in [2.75, 3.05) is 26.0 Å². The van der Waals surface area contributed by atoms with Crippen LogP contribution >= 0.6 is 0 Å². The topological polar surface area (TPSA) is 84.5 Å². The lowest BCUT2D eigenvalue weighted by atomic mass is 9.94. The minimum absolute atomic E-state index is 0.0954. The molecule has 25 heavy (non-hydrogen) atoms. The second-order valence-corrected chi connectivity index (χ2v) is 8.71. The molecule has 1 aromatic carbocycles. The number of carbonyl (C=O) groups excluding carboxylic acids is 1. The van der Waals surface area contributed by atoms with E-state index in [4.69, 9.17) is 4.74 Å². The largest absolute Gasteiger partial charge is 0.494 e. The van der Waals surface area contributed by atoms with Crippen LogP contribution in [0.15, 0.2) is 29.2 Å². The van der Waals surface area contributed by atoms with Crippen molar-refractivity contribution in [3.8, 4) is 5.75 Å². The summed E-state index contributed by atoms with van der Waals surface area (Å²) in [4.78, 5) is 12.3. The first kappa shape index (κ1) is 19.7. The average Bonchev–Trinajstić information content (AvgIpc) is 2.56. The summed E-state index contributed by atoms with van der Waals surface area (Å²) >= 11 is 0. The van der Waals surface area contributed by atoms with Crippen LogP contribution in [-0.4, -0.2) is 46.3 Å². The lowest BCUT2D eigenvalue weighted by molar-refractivity contribution is -0.122. The van der Waals surface area contributed by atoms with Crippen LogP contribution in [0, 0.1) is 5.92 Å². The number of ether oxygens (including phenoxy) is 1. The van der Waals surface area contributed by atoms with Crippen molar-refractivity contribution in [3.63, 3.8) is 0 Å². The molecular formula is C18H28N2O4S. The molecule has 1 aromatic rings. The van der Waals surface area contributed by atoms with Gasteiger partial charge in [0.2, 0.25) is 5.91 Å². The fourth-order valence-electron chi connectivity index (χ4n) is 2.82. The van der Waals surface area contributed by atoms with Crippen LogP contribution in [0.1, 0.15) is 32.6 Å². The molecule has 6 nitrogen and oxygen atoms in total. The summed E-state index contributed by atoms with van der Waals surface area (Å²) in [7, 11) is -3.18. The predicted molar refractivity (Wildman–Crippen MR) is 97.5 cm³/mol. The van der Waals surface area contributed by atoms with E-state index >= 15 is 0 Å². The van der Waals surface area contributed by atoms with Gasteiger partial charge in [-0.15, -0.1) is 0 Å². The van der Waals surface area contributed by atoms with Gasteiger partial charge in [0.15, 0.2) is 9.84 Å². The first-order valence-corrected chi connectivity index (χ1v) is 10.7. The van der Waals surface area contributed by atoms with Gasteiger partial charge in [-0.2, -0.15) is 0 Å². The molecule has 1 fully saturated rings. The standard InChI is InChI=1S/C18H28N2O4S/c1-14-10-11-19-13-17(14)20-18(21)5-3-4-12-24-15-6-8-16(9-7-15)25(2,22)23/h6-9,14,17,19H,3-5,10-13H2,1-2H3,(H,20,21). The highest BCUT2D eigenvalue weighted by molar-refractivity contribution is 7.90. The third-order valence-corrected chi connectivity index (χ3v) is 5.62. The smallest absolute Gasteiger partial charge is 0.220 e. The number of unbranched alkanes of at least 4 members (excludes halogenated alkanes) is 1. The Morgan fingerprint density at radius 1 is 1.28 bits per heavy atom. The third-order valence-electron chi connectivity index (χ3n) is 4.49. The van der Waals surface area contributed by atoms with Crippen molar-refractivity contribution in [2.45, 2.75) is 43.5 Å². The fraction of sp³-hybridized carbons (Fsp3) is 0.611. The first-order chi connectivity index (χ1) is 11.9. The van der Waals surface area contributed by atoms with Gasteiger partial charge in [0.25, 0.3) is 0 Å². The molecule has 140 valence electrons. The molecule has 0 spiro atoms. The van der Waals surface area contributed by atoms with Gasteiger partial charge in [-0.1, -0.05) is 6.92 Å². The summed E-state index contributed by atoms with van der Waals surface area (Å²) in [5.74, 6) is 1.25. The lowest BCUT2D eigenvalue weighted by Crippen LogP contribution is -2.50. The Balaban J connectivity index is 1.62. The van der Waals surface area contributed by atoms with Crippen LogP contribution in [0.25, 0.3) is 0 Å². The van der Waals surface area contributed by atoms with Crippen molar-refractivity contribution in [1.82, 2.24) is 10.6 Å². The Kier molecular flexibility index (Phi) is 7.25. The molecule has 2 N–H and O–H groups in total. The zero-order valence-electron chi connectivity index (χ0n) is 15.0. The van der Waals surface area contributed by atoms with Crippen LogP contribution in [0.3, 0.4) is 0 Å². The fourth-order valence-corrected chi connectivity index (χ4v) is 3.45. The average molecular weight is 368 g/mol. The van der Waals surface area contributed by atoms with Gasteiger partial charge in [0, 0.05) is 25.3 Å². The van der Waals surface area contributed by atoms with E-state index in [9.17, 15) is 13.2 Å². The van der Waals surface area contributed by atoms with Crippen molar-refractivity contribution < 1.29 is 17.9 Å². The minimum atomic E-state index is -3.18. The molecule has 0 bridgehead atoms. The van der Waals surface area contributed by atoms with Crippen LogP contribution < -0.4 is 15.4 Å². The number of amides is 1. The summed E-state index contributed by atoms with van der Waals surface area (Å²) in [5.41, 5.74) is 0. The second kappa shape index (κ2) is 9.20. The summed E-state index contributed by atoms with van der Waals surface area (Å²) in [5, 5.41) is 6.40. The molecule has 2 rings (SSSR count). The molecule has 1 aliphatic rings. The molecule has 2 unspecified atom stereocenters. The number of piperidine rings is 1. The van der Waals surface area contributed by atoms with Gasteiger partial charge in [-0.25, -0.2) is 8.42 Å². The van der Waals surface area contributed by atoms with E-state index in [2.05, 4.69) is 17.6 Å². The second-order valence-electron chi connectivity index (χ2n) is 6.69. The van der Waals surface area contributed by atoms with E-state index in [1.807, 2.05) is 0 Å². The maximum absolute atomic E-state index is 12.0. The Hall–Kier alpha value is -1.60. The highest BCUT2D eigenvalue weighted by Gasteiger charge is 2.22. The maximum Gasteiger partial charge on any atom is 0.220 e. The Bertz CT molecular complexity index is 658. The summed E-state index contributed by atoms with van der Waals surface area (Å²) in [6.07, 6.45) is 4.32. The van der Waals surface area contributed by atoms with E-state index in [1.165, 1.54) is 18.4 Å². The SMILES string of the molecule is CC1CCNCC1NC(=O)CCCCOc1ccc(S(C)(=O)=O)cc1. The maximum atomic E-state index is 12.0. The lowest BCUT2D eigenvalue weighted by Gasteiger charge is -2.30. The minimum Gasteiger partial charge on any atom is -0.494 e. The molecule has 1 aliphatic heterocycles. The van der Waals surface area contributed by atoms with Gasteiger partial charge >= 0.3 is 0 Å². The molecule has 1 heterocycles. The first-order valence-electron chi connectivity index (χ1n) is 8.79. The molecule has 0 saturated carbocycles. The van der Waals surface area contributed by atoms with E-state index in [-0.39, 0.29) is 16.8 Å². The highest BCUT2D eigenvalue weighted by Crippen LogP contribution is 2.16. The molecule has 7 heteroatoms. The van der Waals surface area contributed by atoms with E-state index in [1.54, 1.807) is 12.1 Å². The number of nitrogens with one attached hydrogen (secondary N) is 2.